The molecule has 0 bridgehead atoms. The average molecular weight is 370 g/mol. The van der Waals surface area contributed by atoms with Gasteiger partial charge in [-0.2, -0.15) is 23.3 Å². The molecule has 0 aliphatic carbocycles. The summed E-state index contributed by atoms with van der Waals surface area (Å²) in [5.41, 5.74) is -0.603. The van der Waals surface area contributed by atoms with Gasteiger partial charge in [-0.05, 0) is 12.1 Å². The molecule has 0 saturated carbocycles. The molecule has 0 N–H and O–H groups in total. The minimum Gasteiger partial charge on any atom is -0.383 e. The van der Waals surface area contributed by atoms with Crippen LogP contribution in [-0.2, 0) is 9.53 Å². The predicted octanol–water partition coefficient (Wildman–Crippen LogP) is 2.89. The first-order valence-corrected chi connectivity index (χ1v) is 8.07. The van der Waals surface area contributed by atoms with Crippen molar-refractivity contribution >= 4 is 44.5 Å². The summed E-state index contributed by atoms with van der Waals surface area (Å²) in [7, 11) is 1.45. The number of carbonyl (C=O) groups excluding carboxylic acids is 1. The molecule has 6 nitrogen and oxygen atoms in total. The minimum absolute atomic E-state index is 0.0979. The summed E-state index contributed by atoms with van der Waals surface area (Å²) in [6, 6.07) is 7.03. The maximum atomic E-state index is 13.2. The van der Waals surface area contributed by atoms with Crippen molar-refractivity contribution in [2.75, 3.05) is 25.3 Å². The number of rotatable bonds is 5. The number of fused-ring (bicyclic) bond motifs is 1. The number of hydrogen-bond donors (Lipinski definition) is 0. The van der Waals surface area contributed by atoms with E-state index >= 15 is 0 Å². The van der Waals surface area contributed by atoms with Crippen LogP contribution in [0, 0.1) is 5.92 Å². The maximum Gasteiger partial charge on any atom is 0.432 e. The van der Waals surface area contributed by atoms with Crippen LogP contribution >= 0.6 is 11.3 Å². The van der Waals surface area contributed by atoms with E-state index < -0.39 is 23.7 Å². The predicted molar refractivity (Wildman–Crippen MR) is 89.3 cm³/mol. The molecule has 0 spiro atoms. The van der Waals surface area contributed by atoms with Crippen LogP contribution in [0.25, 0.3) is 10.2 Å². The highest BCUT2D eigenvalue weighted by Gasteiger charge is 2.50. The molecular formula is C15H13F3N4O2S. The number of para-hydroxylation sites is 1. The number of carbonyl (C=O) groups is 1. The van der Waals surface area contributed by atoms with Crippen molar-refractivity contribution in [3.05, 3.63) is 24.3 Å². The van der Waals surface area contributed by atoms with Crippen LogP contribution in [0.2, 0.25) is 0 Å². The highest BCUT2D eigenvalue weighted by molar-refractivity contribution is 7.22. The molecule has 1 aromatic heterocycles. The first-order valence-electron chi connectivity index (χ1n) is 7.26. The van der Waals surface area contributed by atoms with Gasteiger partial charge >= 0.3 is 6.18 Å². The summed E-state index contributed by atoms with van der Waals surface area (Å²) in [4.78, 5) is 20.5. The van der Waals surface area contributed by atoms with Gasteiger partial charge in [0.05, 0.1) is 23.4 Å². The Labute approximate surface area is 144 Å². The van der Waals surface area contributed by atoms with E-state index in [1.54, 1.807) is 24.3 Å². The molecule has 0 radical (unpaired) electrons. The molecule has 132 valence electrons. The number of amides is 1. The molecule has 25 heavy (non-hydrogen) atoms. The fraction of sp³-hybridized carbons (Fsp3) is 0.333. The van der Waals surface area contributed by atoms with Gasteiger partial charge in [0.2, 0.25) is 5.13 Å². The number of thiazole rings is 1. The third-order valence-corrected chi connectivity index (χ3v) is 4.42. The van der Waals surface area contributed by atoms with E-state index in [4.69, 9.17) is 4.74 Å². The maximum absolute atomic E-state index is 13.2. The molecule has 10 heteroatoms. The average Bonchev–Trinajstić information content (AvgIpc) is 3.12. The smallest absolute Gasteiger partial charge is 0.383 e. The van der Waals surface area contributed by atoms with E-state index in [-0.39, 0.29) is 18.3 Å². The lowest BCUT2D eigenvalue weighted by molar-refractivity contribution is -0.119. The first-order chi connectivity index (χ1) is 11.9. The number of aromatic nitrogens is 1. The molecule has 1 amide bonds. The van der Waals surface area contributed by atoms with E-state index in [0.717, 1.165) is 22.3 Å². The van der Waals surface area contributed by atoms with Gasteiger partial charge in [-0.1, -0.05) is 23.5 Å². The summed E-state index contributed by atoms with van der Waals surface area (Å²) in [5.74, 6) is -2.41. The standard InChI is InChI=1S/C15H13F3N4O2S/c1-24-7-6-19-8-9-12(15(16,17)18)21-22(13(9)23)14-20-10-4-2-3-5-11(10)25-14/h2-5,8-9H,6-7H2,1H3. The summed E-state index contributed by atoms with van der Waals surface area (Å²) in [5, 5.41) is 4.29. The Morgan fingerprint density at radius 1 is 1.40 bits per heavy atom. The Morgan fingerprint density at radius 2 is 2.16 bits per heavy atom. The van der Waals surface area contributed by atoms with Gasteiger partial charge in [0.15, 0.2) is 5.71 Å². The van der Waals surface area contributed by atoms with E-state index in [0.29, 0.717) is 10.5 Å². The van der Waals surface area contributed by atoms with Gasteiger partial charge in [0.1, 0.15) is 5.92 Å². The molecule has 2 aromatic rings. The van der Waals surface area contributed by atoms with Gasteiger partial charge in [0.25, 0.3) is 5.91 Å². The Hall–Kier alpha value is -2.33. The first kappa shape index (κ1) is 17.5. The van der Waals surface area contributed by atoms with Gasteiger partial charge in [-0.25, -0.2) is 4.98 Å². The molecule has 1 unspecified atom stereocenters. The lowest BCUT2D eigenvalue weighted by Crippen LogP contribution is -2.34. The van der Waals surface area contributed by atoms with Crippen molar-refractivity contribution in [3.8, 4) is 0 Å². The Balaban J connectivity index is 1.93. The Morgan fingerprint density at radius 3 is 2.84 bits per heavy atom. The van der Waals surface area contributed by atoms with Crippen molar-refractivity contribution in [1.29, 1.82) is 0 Å². The lowest BCUT2D eigenvalue weighted by atomic mass is 10.0. The number of alkyl halides is 3. The highest BCUT2D eigenvalue weighted by atomic mass is 32.1. The summed E-state index contributed by atoms with van der Waals surface area (Å²) in [6.07, 6.45) is -3.76. The van der Waals surface area contributed by atoms with Crippen molar-refractivity contribution in [3.63, 3.8) is 0 Å². The van der Waals surface area contributed by atoms with Gasteiger partial charge < -0.3 is 4.74 Å². The van der Waals surface area contributed by atoms with Crippen LogP contribution in [0.1, 0.15) is 0 Å². The topological polar surface area (TPSA) is 67.2 Å². The van der Waals surface area contributed by atoms with Crippen molar-refractivity contribution in [2.45, 2.75) is 6.18 Å². The zero-order valence-electron chi connectivity index (χ0n) is 13.0. The van der Waals surface area contributed by atoms with Gasteiger partial charge in [0, 0.05) is 13.3 Å². The molecule has 1 atom stereocenters. The molecule has 0 fully saturated rings. The minimum atomic E-state index is -4.74. The zero-order chi connectivity index (χ0) is 18.0. The van der Waals surface area contributed by atoms with Crippen LogP contribution in [0.5, 0.6) is 0 Å². The largest absolute Gasteiger partial charge is 0.432 e. The van der Waals surface area contributed by atoms with Crippen molar-refractivity contribution < 1.29 is 22.7 Å². The number of nitrogens with zero attached hydrogens (tertiary/aromatic N) is 4. The Kier molecular flexibility index (Phi) is 4.82. The van der Waals surface area contributed by atoms with Crippen LogP contribution in [0.15, 0.2) is 34.4 Å². The number of halogens is 3. The second-order valence-corrected chi connectivity index (χ2v) is 6.13. The van der Waals surface area contributed by atoms with E-state index in [9.17, 15) is 18.0 Å². The normalized spacial score (nSPS) is 18.6. The second kappa shape index (κ2) is 6.89. The number of benzene rings is 1. The molecule has 1 aliphatic rings. The molecule has 1 aliphatic heterocycles. The fourth-order valence-corrected chi connectivity index (χ4v) is 3.17. The SMILES string of the molecule is COCCN=CC1C(=O)N(c2nc3ccccc3s2)N=C1C(F)(F)F. The number of aliphatic imine (C=N–C) groups is 1. The number of anilines is 1. The van der Waals surface area contributed by atoms with Crippen molar-refractivity contribution in [2.24, 2.45) is 16.0 Å². The van der Waals surface area contributed by atoms with Crippen LogP contribution in [0.4, 0.5) is 18.3 Å². The van der Waals surface area contributed by atoms with E-state index in [1.165, 1.54) is 7.11 Å². The quantitative estimate of drug-likeness (QED) is 0.600. The van der Waals surface area contributed by atoms with Crippen molar-refractivity contribution in [1.82, 2.24) is 4.98 Å². The number of ether oxygens (including phenoxy) is 1. The second-order valence-electron chi connectivity index (χ2n) is 5.12. The molecule has 2 heterocycles. The zero-order valence-corrected chi connectivity index (χ0v) is 13.8. The molecule has 0 saturated heterocycles. The molecular weight excluding hydrogens is 357 g/mol. The van der Waals surface area contributed by atoms with Crippen LogP contribution in [0.3, 0.4) is 0 Å². The highest BCUT2D eigenvalue weighted by Crippen LogP contribution is 2.35. The van der Waals surface area contributed by atoms with E-state index in [2.05, 4.69) is 15.1 Å². The van der Waals surface area contributed by atoms with E-state index in [1.807, 2.05) is 0 Å². The number of methoxy groups -OCH3 is 1. The monoisotopic (exact) mass is 370 g/mol. The Bertz CT molecular complexity index is 814. The third-order valence-electron chi connectivity index (χ3n) is 3.41. The van der Waals surface area contributed by atoms with Crippen LogP contribution in [-0.4, -0.2) is 49.3 Å². The number of hydrazone groups is 1. The third kappa shape index (κ3) is 3.54. The fourth-order valence-electron chi connectivity index (χ4n) is 2.25. The molecule has 3 rings (SSSR count). The lowest BCUT2D eigenvalue weighted by Gasteiger charge is -2.09. The van der Waals surface area contributed by atoms with Gasteiger partial charge in [-0.3, -0.25) is 9.79 Å². The summed E-state index contributed by atoms with van der Waals surface area (Å²) < 4.78 is 45.3. The van der Waals surface area contributed by atoms with Gasteiger partial charge in [-0.15, -0.1) is 0 Å². The number of hydrogen-bond acceptors (Lipinski definition) is 6. The summed E-state index contributed by atoms with van der Waals surface area (Å²) in [6.45, 7) is 0.407. The molecule has 1 aromatic carbocycles. The van der Waals surface area contributed by atoms with Crippen LogP contribution < -0.4 is 5.01 Å². The summed E-state index contributed by atoms with van der Waals surface area (Å²) >= 11 is 1.10.